The molecular formula is C18H25N5O4. The van der Waals surface area contributed by atoms with E-state index in [0.717, 1.165) is 25.9 Å². The van der Waals surface area contributed by atoms with Gasteiger partial charge < -0.3 is 20.0 Å². The average molecular weight is 375 g/mol. The second-order valence-corrected chi connectivity index (χ2v) is 7.76. The van der Waals surface area contributed by atoms with Crippen LogP contribution in [0.4, 0.5) is 5.82 Å². The van der Waals surface area contributed by atoms with Crippen LogP contribution < -0.4 is 4.90 Å². The molecule has 2 atom stereocenters. The Labute approximate surface area is 157 Å². The Hall–Kier alpha value is -2.26. The lowest BCUT2D eigenvalue weighted by molar-refractivity contribution is -0.148. The molecule has 4 heterocycles. The molecule has 1 amide bonds. The van der Waals surface area contributed by atoms with Crippen molar-refractivity contribution in [2.75, 3.05) is 57.3 Å². The topological polar surface area (TPSA) is 110 Å². The maximum absolute atomic E-state index is 12.6. The first-order valence-electron chi connectivity index (χ1n) is 9.46. The summed E-state index contributed by atoms with van der Waals surface area (Å²) in [6.45, 7) is 3.98. The number of aromatic nitrogens is 2. The number of hydrogen-bond donors (Lipinski definition) is 2. The van der Waals surface area contributed by atoms with Crippen LogP contribution in [0.3, 0.4) is 0 Å². The Morgan fingerprint density at radius 1 is 1.19 bits per heavy atom. The third kappa shape index (κ3) is 3.14. The first-order valence-corrected chi connectivity index (χ1v) is 9.46. The van der Waals surface area contributed by atoms with Crippen molar-refractivity contribution in [2.24, 2.45) is 11.3 Å². The Morgan fingerprint density at radius 2 is 1.96 bits per heavy atom. The molecule has 0 unspecified atom stereocenters. The Bertz CT molecular complexity index is 738. The molecule has 27 heavy (non-hydrogen) atoms. The number of amides is 1. The predicted octanol–water partition coefficient (Wildman–Crippen LogP) is -0.472. The molecule has 3 aliphatic heterocycles. The van der Waals surface area contributed by atoms with Crippen LogP contribution in [0.1, 0.15) is 23.3 Å². The van der Waals surface area contributed by atoms with Crippen LogP contribution in [0.25, 0.3) is 0 Å². The molecule has 2 N–H and O–H groups in total. The maximum atomic E-state index is 12.6. The number of aliphatic carboxylic acids is 1. The van der Waals surface area contributed by atoms with E-state index in [0.29, 0.717) is 44.2 Å². The van der Waals surface area contributed by atoms with Crippen molar-refractivity contribution in [1.29, 1.82) is 0 Å². The number of hydrogen-bond acceptors (Lipinski definition) is 7. The van der Waals surface area contributed by atoms with Gasteiger partial charge in [-0.15, -0.1) is 0 Å². The molecule has 146 valence electrons. The highest BCUT2D eigenvalue weighted by Gasteiger charge is 2.57. The fourth-order valence-electron chi connectivity index (χ4n) is 4.65. The number of likely N-dealkylation sites (tertiary alicyclic amines) is 2. The summed E-state index contributed by atoms with van der Waals surface area (Å²) in [5.74, 6) is -0.402. The highest BCUT2D eigenvalue weighted by molar-refractivity contribution is 5.92. The van der Waals surface area contributed by atoms with Gasteiger partial charge >= 0.3 is 5.97 Å². The summed E-state index contributed by atoms with van der Waals surface area (Å²) in [6.07, 6.45) is 5.11. The molecule has 9 heteroatoms. The van der Waals surface area contributed by atoms with Crippen molar-refractivity contribution in [3.8, 4) is 0 Å². The largest absolute Gasteiger partial charge is 0.481 e. The molecule has 9 nitrogen and oxygen atoms in total. The lowest BCUT2D eigenvalue weighted by Crippen LogP contribution is -2.41. The molecule has 0 aromatic carbocycles. The Balaban J connectivity index is 1.53. The van der Waals surface area contributed by atoms with E-state index in [4.69, 9.17) is 5.11 Å². The summed E-state index contributed by atoms with van der Waals surface area (Å²) < 4.78 is 0. The van der Waals surface area contributed by atoms with Gasteiger partial charge in [0, 0.05) is 51.7 Å². The van der Waals surface area contributed by atoms with Crippen molar-refractivity contribution < 1.29 is 19.8 Å². The molecule has 4 rings (SSSR count). The van der Waals surface area contributed by atoms with Gasteiger partial charge in [-0.05, 0) is 12.8 Å². The Morgan fingerprint density at radius 3 is 2.63 bits per heavy atom. The van der Waals surface area contributed by atoms with Crippen LogP contribution >= 0.6 is 0 Å². The van der Waals surface area contributed by atoms with Crippen LogP contribution in [0.2, 0.25) is 0 Å². The van der Waals surface area contributed by atoms with E-state index in [-0.39, 0.29) is 18.4 Å². The van der Waals surface area contributed by atoms with Gasteiger partial charge in [0.1, 0.15) is 16.9 Å². The zero-order valence-corrected chi connectivity index (χ0v) is 15.3. The number of nitrogens with zero attached hydrogens (tertiary/aromatic N) is 5. The quantitative estimate of drug-likeness (QED) is 0.711. The molecular weight excluding hydrogens is 350 g/mol. The van der Waals surface area contributed by atoms with Crippen molar-refractivity contribution in [1.82, 2.24) is 19.8 Å². The second-order valence-electron chi connectivity index (χ2n) is 7.76. The van der Waals surface area contributed by atoms with Gasteiger partial charge in [0.15, 0.2) is 0 Å². The van der Waals surface area contributed by atoms with Crippen LogP contribution in [0.5, 0.6) is 0 Å². The van der Waals surface area contributed by atoms with Crippen LogP contribution in [-0.2, 0) is 4.79 Å². The number of fused-ring (bicyclic) bond motifs is 1. The van der Waals surface area contributed by atoms with Crippen molar-refractivity contribution in [3.05, 3.63) is 18.1 Å². The fourth-order valence-corrected chi connectivity index (χ4v) is 4.65. The molecule has 0 aliphatic carbocycles. The third-order valence-corrected chi connectivity index (χ3v) is 6.08. The van der Waals surface area contributed by atoms with Gasteiger partial charge in [0.25, 0.3) is 5.91 Å². The third-order valence-electron chi connectivity index (χ3n) is 6.08. The van der Waals surface area contributed by atoms with E-state index in [9.17, 15) is 14.7 Å². The van der Waals surface area contributed by atoms with Crippen LogP contribution in [0, 0.1) is 11.3 Å². The number of aliphatic hydroxyl groups is 1. The maximum Gasteiger partial charge on any atom is 0.313 e. The van der Waals surface area contributed by atoms with Crippen LogP contribution in [-0.4, -0.2) is 94.3 Å². The lowest BCUT2D eigenvalue weighted by Gasteiger charge is -2.25. The number of carboxylic acids is 1. The van der Waals surface area contributed by atoms with E-state index in [1.165, 1.54) is 6.20 Å². The smallest absolute Gasteiger partial charge is 0.313 e. The first-order chi connectivity index (χ1) is 13.0. The molecule has 3 aliphatic rings. The molecule has 3 saturated heterocycles. The van der Waals surface area contributed by atoms with Gasteiger partial charge in [-0.3, -0.25) is 19.5 Å². The summed E-state index contributed by atoms with van der Waals surface area (Å²) in [4.78, 5) is 39.1. The molecule has 0 bridgehead atoms. The summed E-state index contributed by atoms with van der Waals surface area (Å²) in [7, 11) is 0. The number of anilines is 1. The highest BCUT2D eigenvalue weighted by Crippen LogP contribution is 2.43. The SMILES string of the molecule is O=C(c1cncc(N2C[C@H]3CN(CCO)C[C@@]3(C(=O)O)C2)n1)N1CCCC1. The number of carbonyl (C=O) groups excluding carboxylic acids is 1. The van der Waals surface area contributed by atoms with Gasteiger partial charge in [0.2, 0.25) is 0 Å². The number of aliphatic hydroxyl groups excluding tert-OH is 1. The van der Waals surface area contributed by atoms with E-state index in [1.54, 1.807) is 11.1 Å². The second kappa shape index (κ2) is 7.05. The van der Waals surface area contributed by atoms with Crippen LogP contribution in [0.15, 0.2) is 12.4 Å². The molecule has 1 aromatic rings. The van der Waals surface area contributed by atoms with Gasteiger partial charge in [-0.25, -0.2) is 4.98 Å². The minimum Gasteiger partial charge on any atom is -0.481 e. The summed E-state index contributed by atoms with van der Waals surface area (Å²) in [6, 6.07) is 0. The monoisotopic (exact) mass is 375 g/mol. The van der Waals surface area contributed by atoms with Gasteiger partial charge in [-0.1, -0.05) is 0 Å². The first kappa shape index (κ1) is 18.1. The summed E-state index contributed by atoms with van der Waals surface area (Å²) >= 11 is 0. The van der Waals surface area contributed by atoms with Crippen molar-refractivity contribution in [2.45, 2.75) is 12.8 Å². The standard InChI is InChI=1S/C18H25N5O4/c24-6-5-21-9-13-10-23(12-18(13,11-21)17(26)27)15-8-19-7-14(20-15)16(25)22-3-1-2-4-22/h7-8,13,24H,1-6,9-12H2,(H,26,27)/t13-,18-/m1/s1. The lowest BCUT2D eigenvalue weighted by atomic mass is 9.81. The number of β-amino-alcohol motifs (C(OH)–C–C–N with tert-alkyl or cyclic N) is 1. The number of carbonyl (C=O) groups is 2. The molecule has 1 aromatic heterocycles. The normalized spacial score (nSPS) is 28.0. The van der Waals surface area contributed by atoms with E-state index >= 15 is 0 Å². The zero-order chi connectivity index (χ0) is 19.0. The fraction of sp³-hybridized carbons (Fsp3) is 0.667. The predicted molar refractivity (Wildman–Crippen MR) is 96.5 cm³/mol. The minimum atomic E-state index is -0.869. The van der Waals surface area contributed by atoms with Gasteiger partial charge in [-0.2, -0.15) is 0 Å². The zero-order valence-electron chi connectivity index (χ0n) is 15.3. The van der Waals surface area contributed by atoms with Crippen molar-refractivity contribution >= 4 is 17.7 Å². The molecule has 0 radical (unpaired) electrons. The van der Waals surface area contributed by atoms with E-state index in [2.05, 4.69) is 9.97 Å². The molecule has 0 spiro atoms. The number of rotatable bonds is 5. The minimum absolute atomic E-state index is 0.0261. The average Bonchev–Trinajstić information content (AvgIpc) is 3.36. The molecule has 0 saturated carbocycles. The molecule has 3 fully saturated rings. The Kier molecular flexibility index (Phi) is 4.73. The van der Waals surface area contributed by atoms with Crippen molar-refractivity contribution in [3.63, 3.8) is 0 Å². The summed E-state index contributed by atoms with van der Waals surface area (Å²) in [5.41, 5.74) is -0.552. The van der Waals surface area contributed by atoms with E-state index < -0.39 is 11.4 Å². The van der Waals surface area contributed by atoms with E-state index in [1.807, 2.05) is 9.80 Å². The van der Waals surface area contributed by atoms with Gasteiger partial charge in [0.05, 0.1) is 19.0 Å². The highest BCUT2D eigenvalue weighted by atomic mass is 16.4. The number of carboxylic acid groups (broad SMARTS) is 1. The summed E-state index contributed by atoms with van der Waals surface area (Å²) in [5, 5.41) is 19.1.